The van der Waals surface area contributed by atoms with Crippen molar-refractivity contribution in [1.82, 2.24) is 4.72 Å². The number of halogens is 4. The molecule has 9 heteroatoms. The van der Waals surface area contributed by atoms with Crippen LogP contribution in [0.5, 0.6) is 5.75 Å². The molecule has 1 unspecified atom stereocenters. The minimum atomic E-state index is -5.02. The van der Waals surface area contributed by atoms with Crippen LogP contribution < -0.4 is 9.46 Å². The lowest BCUT2D eigenvalue weighted by molar-refractivity contribution is -0.275. The molecule has 0 aliphatic heterocycles. The average molecular weight is 474 g/mol. The highest BCUT2D eigenvalue weighted by atomic mass is 79.9. The van der Waals surface area contributed by atoms with E-state index in [0.717, 1.165) is 22.9 Å². The van der Waals surface area contributed by atoms with Crippen LogP contribution in [0.25, 0.3) is 10.8 Å². The van der Waals surface area contributed by atoms with Crippen molar-refractivity contribution in [3.63, 3.8) is 0 Å². The summed E-state index contributed by atoms with van der Waals surface area (Å²) in [5, 5.41) is 1.92. The number of ether oxygens (including phenoxy) is 1. The van der Waals surface area contributed by atoms with Crippen LogP contribution >= 0.6 is 15.9 Å². The molecule has 0 heterocycles. The Morgan fingerprint density at radius 2 is 1.68 bits per heavy atom. The first-order chi connectivity index (χ1) is 13.0. The van der Waals surface area contributed by atoms with Crippen LogP contribution in [0.15, 0.2) is 70.0 Å². The van der Waals surface area contributed by atoms with Gasteiger partial charge in [-0.1, -0.05) is 52.3 Å². The lowest BCUT2D eigenvalue weighted by Gasteiger charge is -2.18. The molecule has 0 aliphatic rings. The van der Waals surface area contributed by atoms with E-state index in [0.29, 0.717) is 5.56 Å². The van der Waals surface area contributed by atoms with Gasteiger partial charge in [-0.15, -0.1) is 13.2 Å². The van der Waals surface area contributed by atoms with Crippen molar-refractivity contribution in [2.45, 2.75) is 24.2 Å². The first kappa shape index (κ1) is 20.6. The lowest BCUT2D eigenvalue weighted by atomic mass is 10.0. The van der Waals surface area contributed by atoms with Crippen molar-refractivity contribution < 1.29 is 26.3 Å². The van der Waals surface area contributed by atoms with Crippen LogP contribution in [-0.2, 0) is 10.0 Å². The van der Waals surface area contributed by atoms with Crippen molar-refractivity contribution >= 4 is 36.7 Å². The van der Waals surface area contributed by atoms with E-state index in [1.165, 1.54) is 6.07 Å². The summed E-state index contributed by atoms with van der Waals surface area (Å²) in [6.07, 6.45) is -5.02. The SMILES string of the molecule is CC(NS(=O)(=O)c1ccc(Br)cc1OC(F)(F)F)c1ccc2ccccc2c1. The molecule has 148 valence electrons. The second-order valence-corrected chi connectivity index (χ2v) is 8.69. The highest BCUT2D eigenvalue weighted by Crippen LogP contribution is 2.33. The fourth-order valence-corrected chi connectivity index (χ4v) is 4.43. The largest absolute Gasteiger partial charge is 0.573 e. The van der Waals surface area contributed by atoms with Gasteiger partial charge in [0.15, 0.2) is 5.75 Å². The number of hydrogen-bond donors (Lipinski definition) is 1. The monoisotopic (exact) mass is 473 g/mol. The summed E-state index contributed by atoms with van der Waals surface area (Å²) in [5.41, 5.74) is 0.678. The van der Waals surface area contributed by atoms with E-state index in [1.54, 1.807) is 13.0 Å². The van der Waals surface area contributed by atoms with Crippen molar-refractivity contribution in [3.05, 3.63) is 70.7 Å². The number of alkyl halides is 3. The van der Waals surface area contributed by atoms with Gasteiger partial charge in [-0.25, -0.2) is 13.1 Å². The zero-order chi connectivity index (χ0) is 20.5. The van der Waals surface area contributed by atoms with E-state index in [9.17, 15) is 21.6 Å². The molecule has 3 aromatic rings. The normalized spacial score (nSPS) is 13.5. The summed E-state index contributed by atoms with van der Waals surface area (Å²) >= 11 is 3.02. The number of fused-ring (bicyclic) bond motifs is 1. The van der Waals surface area contributed by atoms with Gasteiger partial charge in [0.05, 0.1) is 0 Å². The molecule has 0 radical (unpaired) electrons. The lowest BCUT2D eigenvalue weighted by Crippen LogP contribution is -2.28. The summed E-state index contributed by atoms with van der Waals surface area (Å²) in [4.78, 5) is -0.597. The van der Waals surface area contributed by atoms with Gasteiger partial charge in [0.2, 0.25) is 10.0 Å². The minimum absolute atomic E-state index is 0.258. The van der Waals surface area contributed by atoms with Crippen molar-refractivity contribution in [1.29, 1.82) is 0 Å². The molecule has 28 heavy (non-hydrogen) atoms. The Balaban J connectivity index is 1.92. The van der Waals surface area contributed by atoms with Gasteiger partial charge in [0, 0.05) is 10.5 Å². The number of benzene rings is 3. The smallest absolute Gasteiger partial charge is 0.404 e. The summed E-state index contributed by atoms with van der Waals surface area (Å²) in [6, 6.07) is 15.7. The van der Waals surface area contributed by atoms with Gasteiger partial charge in [0.1, 0.15) is 4.90 Å². The Morgan fingerprint density at radius 1 is 1.00 bits per heavy atom. The molecular formula is C19H15BrF3NO3S. The van der Waals surface area contributed by atoms with Gasteiger partial charge in [-0.2, -0.15) is 0 Å². The maximum Gasteiger partial charge on any atom is 0.573 e. The van der Waals surface area contributed by atoms with E-state index in [1.807, 2.05) is 36.4 Å². The standard InChI is InChI=1S/C19H15BrF3NO3S/c1-12(14-7-6-13-4-2-3-5-15(13)10-14)24-28(25,26)18-9-8-16(20)11-17(18)27-19(21,22)23/h2-12,24H,1H3. The van der Waals surface area contributed by atoms with Crippen LogP contribution in [-0.4, -0.2) is 14.8 Å². The van der Waals surface area contributed by atoms with E-state index >= 15 is 0 Å². The van der Waals surface area contributed by atoms with E-state index in [4.69, 9.17) is 0 Å². The zero-order valence-electron chi connectivity index (χ0n) is 14.5. The minimum Gasteiger partial charge on any atom is -0.404 e. The average Bonchev–Trinajstić information content (AvgIpc) is 2.59. The molecular weight excluding hydrogens is 459 g/mol. The number of sulfonamides is 1. The summed E-state index contributed by atoms with van der Waals surface area (Å²) in [5.74, 6) is -0.805. The Labute approximate surface area is 168 Å². The molecule has 0 fully saturated rings. The van der Waals surface area contributed by atoms with E-state index in [2.05, 4.69) is 25.4 Å². The molecule has 0 bridgehead atoms. The Morgan fingerprint density at radius 3 is 2.36 bits per heavy atom. The van der Waals surface area contributed by atoms with Crippen LogP contribution in [0.1, 0.15) is 18.5 Å². The van der Waals surface area contributed by atoms with Crippen molar-refractivity contribution in [2.24, 2.45) is 0 Å². The summed E-state index contributed by atoms with van der Waals surface area (Å²) < 4.78 is 70.0. The summed E-state index contributed by atoms with van der Waals surface area (Å²) in [7, 11) is -4.28. The molecule has 0 spiro atoms. The Kier molecular flexibility index (Phi) is 5.69. The molecule has 3 aromatic carbocycles. The van der Waals surface area contributed by atoms with Gasteiger partial charge < -0.3 is 4.74 Å². The van der Waals surface area contributed by atoms with Gasteiger partial charge in [-0.05, 0) is 47.5 Å². The van der Waals surface area contributed by atoms with Gasteiger partial charge in [-0.3, -0.25) is 0 Å². The Hall–Kier alpha value is -2.10. The predicted molar refractivity (Wildman–Crippen MR) is 104 cm³/mol. The van der Waals surface area contributed by atoms with Gasteiger partial charge in [0.25, 0.3) is 0 Å². The highest BCUT2D eigenvalue weighted by molar-refractivity contribution is 9.10. The number of hydrogen-bond acceptors (Lipinski definition) is 3. The third kappa shape index (κ3) is 4.84. The maximum atomic E-state index is 12.7. The second-order valence-electron chi connectivity index (χ2n) is 6.09. The molecule has 0 aliphatic carbocycles. The second kappa shape index (κ2) is 7.73. The quantitative estimate of drug-likeness (QED) is 0.529. The van der Waals surface area contributed by atoms with Crippen LogP contribution in [0, 0.1) is 0 Å². The first-order valence-electron chi connectivity index (χ1n) is 8.11. The maximum absolute atomic E-state index is 12.7. The number of rotatable bonds is 5. The Bertz CT molecular complexity index is 1120. The molecule has 0 saturated heterocycles. The molecule has 4 nitrogen and oxygen atoms in total. The van der Waals surface area contributed by atoms with Crippen LogP contribution in [0.4, 0.5) is 13.2 Å². The predicted octanol–water partition coefficient (Wildman–Crippen LogP) is 5.54. The first-order valence-corrected chi connectivity index (χ1v) is 10.4. The van der Waals surface area contributed by atoms with Crippen LogP contribution in [0.3, 0.4) is 0 Å². The molecule has 0 amide bonds. The zero-order valence-corrected chi connectivity index (χ0v) is 16.9. The molecule has 0 saturated carbocycles. The highest BCUT2D eigenvalue weighted by Gasteiger charge is 2.34. The molecule has 1 atom stereocenters. The topological polar surface area (TPSA) is 55.4 Å². The van der Waals surface area contributed by atoms with Crippen LogP contribution in [0.2, 0.25) is 0 Å². The van der Waals surface area contributed by atoms with Gasteiger partial charge >= 0.3 is 6.36 Å². The molecule has 3 rings (SSSR count). The molecule has 0 aromatic heterocycles. The van der Waals surface area contributed by atoms with Crippen molar-refractivity contribution in [2.75, 3.05) is 0 Å². The summed E-state index contributed by atoms with van der Waals surface area (Å²) in [6.45, 7) is 1.62. The van der Waals surface area contributed by atoms with Crippen molar-refractivity contribution in [3.8, 4) is 5.75 Å². The van der Waals surface area contributed by atoms with E-state index in [-0.39, 0.29) is 4.47 Å². The van der Waals surface area contributed by atoms with E-state index < -0.39 is 33.1 Å². The third-order valence-corrected chi connectivity index (χ3v) is 6.10. The fraction of sp³-hybridized carbons (Fsp3) is 0.158. The molecule has 1 N–H and O–H groups in total. The fourth-order valence-electron chi connectivity index (χ4n) is 2.75. The number of nitrogens with one attached hydrogen (secondary N) is 1. The third-order valence-electron chi connectivity index (χ3n) is 4.03.